The van der Waals surface area contributed by atoms with Crippen molar-refractivity contribution < 1.29 is 22.6 Å². The molecule has 1 fully saturated rings. The topological polar surface area (TPSA) is 51.9 Å². The van der Waals surface area contributed by atoms with Crippen molar-refractivity contribution in [3.8, 4) is 11.5 Å². The molecule has 0 bridgehead atoms. The predicted molar refractivity (Wildman–Crippen MR) is 109 cm³/mol. The van der Waals surface area contributed by atoms with Gasteiger partial charge in [-0.3, -0.25) is 4.90 Å². The summed E-state index contributed by atoms with van der Waals surface area (Å²) in [6.45, 7) is 5.50. The number of halogens is 3. The highest BCUT2D eigenvalue weighted by molar-refractivity contribution is 5.44. The summed E-state index contributed by atoms with van der Waals surface area (Å²) in [7, 11) is 1.60. The standard InChI is InChI=1S/C22H25F3N4O2/c1-4-31-18-8-7-15(11-19(18)30-3)13-28-9-5-6-17(28)16-12-21-26-14(2)10-20(22(23,24)25)29(21)27-16/h7-8,10-12,17H,4-6,9,13H2,1-3H3. The molecular formula is C22H25F3N4O2. The summed E-state index contributed by atoms with van der Waals surface area (Å²) in [6.07, 6.45) is -2.72. The fourth-order valence-corrected chi connectivity index (χ4v) is 4.15. The molecule has 0 spiro atoms. The molecule has 1 saturated heterocycles. The Morgan fingerprint density at radius 1 is 1.16 bits per heavy atom. The van der Waals surface area contributed by atoms with Crippen LogP contribution in [0.1, 0.15) is 48.5 Å². The first kappa shape index (κ1) is 21.4. The molecule has 0 amide bonds. The first-order valence-electron chi connectivity index (χ1n) is 10.3. The molecule has 1 aromatic carbocycles. The predicted octanol–water partition coefficient (Wildman–Crippen LogP) is 4.80. The Bertz CT molecular complexity index is 1080. The first-order valence-corrected chi connectivity index (χ1v) is 10.3. The van der Waals surface area contributed by atoms with E-state index in [1.807, 2.05) is 25.1 Å². The molecule has 6 nitrogen and oxygen atoms in total. The van der Waals surface area contributed by atoms with E-state index in [2.05, 4.69) is 15.0 Å². The Morgan fingerprint density at radius 3 is 2.68 bits per heavy atom. The number of ether oxygens (including phenoxy) is 2. The van der Waals surface area contributed by atoms with Crippen molar-refractivity contribution in [2.75, 3.05) is 20.3 Å². The van der Waals surface area contributed by atoms with Gasteiger partial charge in [-0.15, -0.1) is 0 Å². The van der Waals surface area contributed by atoms with E-state index in [0.717, 1.165) is 35.5 Å². The van der Waals surface area contributed by atoms with Crippen molar-refractivity contribution in [1.29, 1.82) is 0 Å². The minimum Gasteiger partial charge on any atom is -0.493 e. The number of aromatic nitrogens is 3. The van der Waals surface area contributed by atoms with Gasteiger partial charge in [-0.2, -0.15) is 18.3 Å². The molecular weight excluding hydrogens is 409 g/mol. The quantitative estimate of drug-likeness (QED) is 0.558. The van der Waals surface area contributed by atoms with E-state index in [-0.39, 0.29) is 11.7 Å². The lowest BCUT2D eigenvalue weighted by Crippen LogP contribution is -2.23. The van der Waals surface area contributed by atoms with Gasteiger partial charge < -0.3 is 9.47 Å². The SMILES string of the molecule is CCOc1ccc(CN2CCCC2c2cc3nc(C)cc(C(F)(F)F)n3n2)cc1OC. The van der Waals surface area contributed by atoms with Crippen LogP contribution in [-0.4, -0.2) is 39.8 Å². The van der Waals surface area contributed by atoms with Crippen molar-refractivity contribution in [1.82, 2.24) is 19.5 Å². The van der Waals surface area contributed by atoms with E-state index in [9.17, 15) is 13.2 Å². The third-order valence-corrected chi connectivity index (χ3v) is 5.48. The number of methoxy groups -OCH3 is 1. The zero-order valence-corrected chi connectivity index (χ0v) is 17.7. The highest BCUT2D eigenvalue weighted by atomic mass is 19.4. The number of hydrogen-bond donors (Lipinski definition) is 0. The lowest BCUT2D eigenvalue weighted by atomic mass is 10.1. The summed E-state index contributed by atoms with van der Waals surface area (Å²) in [5, 5.41) is 4.31. The average molecular weight is 434 g/mol. The van der Waals surface area contributed by atoms with Gasteiger partial charge >= 0.3 is 6.18 Å². The number of fused-ring (bicyclic) bond motifs is 1. The largest absolute Gasteiger partial charge is 0.493 e. The average Bonchev–Trinajstić information content (AvgIpc) is 3.34. The molecule has 1 unspecified atom stereocenters. The van der Waals surface area contributed by atoms with E-state index < -0.39 is 11.9 Å². The second kappa shape index (κ2) is 8.37. The number of rotatable bonds is 6. The number of hydrogen-bond acceptors (Lipinski definition) is 5. The molecule has 3 aromatic rings. The van der Waals surface area contributed by atoms with Gasteiger partial charge in [-0.25, -0.2) is 9.50 Å². The number of benzene rings is 1. The number of aryl methyl sites for hydroxylation is 1. The van der Waals surface area contributed by atoms with Crippen LogP contribution in [0.15, 0.2) is 30.3 Å². The molecule has 2 aromatic heterocycles. The van der Waals surface area contributed by atoms with Crippen LogP contribution in [-0.2, 0) is 12.7 Å². The molecule has 31 heavy (non-hydrogen) atoms. The number of likely N-dealkylation sites (tertiary alicyclic amines) is 1. The van der Waals surface area contributed by atoms with Crippen molar-refractivity contribution in [2.45, 2.75) is 45.5 Å². The Balaban J connectivity index is 1.62. The van der Waals surface area contributed by atoms with Crippen LogP contribution in [0.4, 0.5) is 13.2 Å². The highest BCUT2D eigenvalue weighted by Crippen LogP contribution is 2.36. The monoisotopic (exact) mass is 434 g/mol. The third-order valence-electron chi connectivity index (χ3n) is 5.48. The summed E-state index contributed by atoms with van der Waals surface area (Å²) in [5.41, 5.74) is 1.38. The van der Waals surface area contributed by atoms with Gasteiger partial charge in [0.05, 0.1) is 25.5 Å². The fourth-order valence-electron chi connectivity index (χ4n) is 4.15. The molecule has 0 saturated carbocycles. The first-order chi connectivity index (χ1) is 14.8. The van der Waals surface area contributed by atoms with Gasteiger partial charge in [0.2, 0.25) is 0 Å². The minimum atomic E-state index is -4.50. The molecule has 0 radical (unpaired) electrons. The lowest BCUT2D eigenvalue weighted by Gasteiger charge is -2.23. The zero-order chi connectivity index (χ0) is 22.2. The maximum atomic E-state index is 13.5. The van der Waals surface area contributed by atoms with Crippen molar-refractivity contribution in [2.24, 2.45) is 0 Å². The Morgan fingerprint density at radius 2 is 1.97 bits per heavy atom. The summed E-state index contributed by atoms with van der Waals surface area (Å²) in [4.78, 5) is 6.49. The van der Waals surface area contributed by atoms with Crippen molar-refractivity contribution in [3.05, 3.63) is 53.0 Å². The minimum absolute atomic E-state index is 0.0688. The van der Waals surface area contributed by atoms with Gasteiger partial charge in [0, 0.05) is 18.3 Å². The van der Waals surface area contributed by atoms with E-state index in [4.69, 9.17) is 9.47 Å². The van der Waals surface area contributed by atoms with E-state index in [1.54, 1.807) is 20.1 Å². The van der Waals surface area contributed by atoms with Crippen LogP contribution in [0.3, 0.4) is 0 Å². The second-order valence-corrected chi connectivity index (χ2v) is 7.67. The van der Waals surface area contributed by atoms with Gasteiger partial charge in [0.1, 0.15) is 5.69 Å². The summed E-state index contributed by atoms with van der Waals surface area (Å²) >= 11 is 0. The highest BCUT2D eigenvalue weighted by Gasteiger charge is 2.36. The lowest BCUT2D eigenvalue weighted by molar-refractivity contribution is -0.142. The molecule has 1 aliphatic heterocycles. The maximum Gasteiger partial charge on any atom is 0.433 e. The van der Waals surface area contributed by atoms with E-state index in [0.29, 0.717) is 36.0 Å². The summed E-state index contributed by atoms with van der Waals surface area (Å²) in [6, 6.07) is 8.44. The van der Waals surface area contributed by atoms with Crippen LogP contribution in [0.5, 0.6) is 11.5 Å². The molecule has 166 valence electrons. The van der Waals surface area contributed by atoms with Crippen molar-refractivity contribution in [3.63, 3.8) is 0 Å². The smallest absolute Gasteiger partial charge is 0.433 e. The van der Waals surface area contributed by atoms with Crippen LogP contribution in [0.2, 0.25) is 0 Å². The molecule has 0 aliphatic carbocycles. The second-order valence-electron chi connectivity index (χ2n) is 7.67. The molecule has 9 heteroatoms. The molecule has 1 atom stereocenters. The van der Waals surface area contributed by atoms with Crippen molar-refractivity contribution >= 4 is 5.65 Å². The third kappa shape index (κ3) is 4.32. The van der Waals surface area contributed by atoms with Crippen LogP contribution >= 0.6 is 0 Å². The van der Waals surface area contributed by atoms with Gasteiger partial charge in [-0.1, -0.05) is 6.07 Å². The Kier molecular flexibility index (Phi) is 5.79. The summed E-state index contributed by atoms with van der Waals surface area (Å²) < 4.78 is 52.4. The molecule has 0 N–H and O–H groups in total. The van der Waals surface area contributed by atoms with E-state index >= 15 is 0 Å². The van der Waals surface area contributed by atoms with Crippen LogP contribution in [0.25, 0.3) is 5.65 Å². The number of alkyl halides is 3. The van der Waals surface area contributed by atoms with Gasteiger partial charge in [0.25, 0.3) is 0 Å². The Labute approximate surface area is 178 Å². The Hall–Kier alpha value is -2.81. The van der Waals surface area contributed by atoms with Crippen LogP contribution in [0, 0.1) is 6.92 Å². The normalized spacial score (nSPS) is 17.4. The number of nitrogens with zero attached hydrogens (tertiary/aromatic N) is 4. The molecule has 3 heterocycles. The van der Waals surface area contributed by atoms with Crippen LogP contribution < -0.4 is 9.47 Å². The van der Waals surface area contributed by atoms with Gasteiger partial charge in [-0.05, 0) is 57.0 Å². The fraction of sp³-hybridized carbons (Fsp3) is 0.455. The molecule has 4 rings (SSSR count). The van der Waals surface area contributed by atoms with Gasteiger partial charge in [0.15, 0.2) is 17.1 Å². The van der Waals surface area contributed by atoms with E-state index in [1.165, 1.54) is 0 Å². The summed E-state index contributed by atoms with van der Waals surface area (Å²) in [5.74, 6) is 1.35. The maximum absolute atomic E-state index is 13.5. The zero-order valence-electron chi connectivity index (χ0n) is 17.7. The molecule has 1 aliphatic rings.